The zero-order valence-corrected chi connectivity index (χ0v) is 10.5. The second-order valence-electron chi connectivity index (χ2n) is 4.01. The van der Waals surface area contributed by atoms with Gasteiger partial charge in [0.15, 0.2) is 5.69 Å². The normalized spacial score (nSPS) is 12.1. The number of nitrogens with zero attached hydrogens (tertiary/aromatic N) is 2. The van der Waals surface area contributed by atoms with Crippen LogP contribution in [0.5, 0.6) is 0 Å². The molecule has 0 aliphatic rings. The highest BCUT2D eigenvalue weighted by molar-refractivity contribution is 5.86. The number of carbonyl (C=O) groups excluding carboxylic acids is 1. The van der Waals surface area contributed by atoms with E-state index >= 15 is 0 Å². The number of carbonyl (C=O) groups is 1. The maximum Gasteiger partial charge on any atom is 0.358 e. The van der Waals surface area contributed by atoms with Gasteiger partial charge in [0.25, 0.3) is 0 Å². The molecular formula is C14H16N2O2. The van der Waals surface area contributed by atoms with Crippen LogP contribution in [0.15, 0.2) is 42.9 Å². The van der Waals surface area contributed by atoms with Crippen molar-refractivity contribution in [2.24, 2.45) is 0 Å². The largest absolute Gasteiger partial charge is 0.461 e. The molecule has 0 aliphatic heterocycles. The molecule has 4 heteroatoms. The number of imidazole rings is 1. The molecule has 0 aliphatic carbocycles. The molecule has 18 heavy (non-hydrogen) atoms. The van der Waals surface area contributed by atoms with Gasteiger partial charge in [-0.1, -0.05) is 30.3 Å². The Bertz CT molecular complexity index is 520. The van der Waals surface area contributed by atoms with Crippen molar-refractivity contribution in [1.82, 2.24) is 9.55 Å². The molecule has 4 nitrogen and oxygen atoms in total. The first-order valence-electron chi connectivity index (χ1n) is 5.98. The summed E-state index contributed by atoms with van der Waals surface area (Å²) in [6.07, 6.45) is 3.37. The van der Waals surface area contributed by atoms with Crippen LogP contribution in [0.1, 0.15) is 35.9 Å². The Kier molecular flexibility index (Phi) is 3.77. The smallest absolute Gasteiger partial charge is 0.358 e. The van der Waals surface area contributed by atoms with Gasteiger partial charge in [0.1, 0.15) is 0 Å². The molecule has 0 amide bonds. The first-order valence-corrected chi connectivity index (χ1v) is 5.98. The molecule has 0 bridgehead atoms. The topological polar surface area (TPSA) is 44.1 Å². The quantitative estimate of drug-likeness (QED) is 0.777. The second-order valence-corrected chi connectivity index (χ2v) is 4.01. The van der Waals surface area contributed by atoms with Crippen molar-refractivity contribution in [3.8, 4) is 0 Å². The lowest BCUT2D eigenvalue weighted by atomic mass is 10.1. The summed E-state index contributed by atoms with van der Waals surface area (Å²) in [6, 6.07) is 10.2. The SMILES string of the molecule is CCOC(=O)c1cn([C@H](C)c2ccccc2)cn1. The van der Waals surface area contributed by atoms with E-state index in [-0.39, 0.29) is 12.0 Å². The van der Waals surface area contributed by atoms with E-state index in [0.29, 0.717) is 12.3 Å². The molecule has 0 N–H and O–H groups in total. The second kappa shape index (κ2) is 5.49. The monoisotopic (exact) mass is 244 g/mol. The highest BCUT2D eigenvalue weighted by Gasteiger charge is 2.13. The van der Waals surface area contributed by atoms with E-state index in [0.717, 1.165) is 0 Å². The first kappa shape index (κ1) is 12.4. The number of hydrogen-bond donors (Lipinski definition) is 0. The third-order valence-corrected chi connectivity index (χ3v) is 2.82. The van der Waals surface area contributed by atoms with E-state index in [1.54, 1.807) is 19.4 Å². The fourth-order valence-electron chi connectivity index (χ4n) is 1.76. The standard InChI is InChI=1S/C14H16N2O2/c1-3-18-14(17)13-9-16(10-15-13)11(2)12-7-5-4-6-8-12/h4-11H,3H2,1-2H3/t11-/m1/s1. The summed E-state index contributed by atoms with van der Waals surface area (Å²) in [5.41, 5.74) is 1.52. The molecule has 1 aromatic carbocycles. The summed E-state index contributed by atoms with van der Waals surface area (Å²) >= 11 is 0. The average molecular weight is 244 g/mol. The molecule has 0 saturated carbocycles. The van der Waals surface area contributed by atoms with Crippen LogP contribution < -0.4 is 0 Å². The first-order chi connectivity index (χ1) is 8.72. The molecule has 1 atom stereocenters. The molecule has 1 aromatic heterocycles. The van der Waals surface area contributed by atoms with Crippen LogP contribution in [-0.2, 0) is 4.74 Å². The van der Waals surface area contributed by atoms with Crippen LogP contribution in [0.2, 0.25) is 0 Å². The van der Waals surface area contributed by atoms with Crippen LogP contribution in [0.4, 0.5) is 0 Å². The van der Waals surface area contributed by atoms with Crippen LogP contribution in [0.25, 0.3) is 0 Å². The predicted octanol–water partition coefficient (Wildman–Crippen LogP) is 2.67. The Morgan fingerprint density at radius 2 is 2.11 bits per heavy atom. The lowest BCUT2D eigenvalue weighted by molar-refractivity contribution is 0.0520. The molecule has 2 rings (SSSR count). The minimum atomic E-state index is -0.378. The fraction of sp³-hybridized carbons (Fsp3) is 0.286. The minimum absolute atomic E-state index is 0.141. The van der Waals surface area contributed by atoms with Gasteiger partial charge in [0.05, 0.1) is 19.0 Å². The van der Waals surface area contributed by atoms with Crippen molar-refractivity contribution >= 4 is 5.97 Å². The summed E-state index contributed by atoms with van der Waals surface area (Å²) in [7, 11) is 0. The van der Waals surface area contributed by atoms with E-state index in [2.05, 4.69) is 24.0 Å². The van der Waals surface area contributed by atoms with Crippen molar-refractivity contribution in [1.29, 1.82) is 0 Å². The molecule has 1 heterocycles. The van der Waals surface area contributed by atoms with E-state index in [1.165, 1.54) is 5.56 Å². The Balaban J connectivity index is 2.17. The maximum atomic E-state index is 11.5. The summed E-state index contributed by atoms with van der Waals surface area (Å²) in [5.74, 6) is -0.378. The highest BCUT2D eigenvalue weighted by atomic mass is 16.5. The predicted molar refractivity (Wildman–Crippen MR) is 68.4 cm³/mol. The Morgan fingerprint density at radius 1 is 1.39 bits per heavy atom. The molecular weight excluding hydrogens is 228 g/mol. The number of hydrogen-bond acceptors (Lipinski definition) is 3. The van der Waals surface area contributed by atoms with Crippen LogP contribution in [-0.4, -0.2) is 22.1 Å². The minimum Gasteiger partial charge on any atom is -0.461 e. The van der Waals surface area contributed by atoms with E-state index in [9.17, 15) is 4.79 Å². The van der Waals surface area contributed by atoms with Gasteiger partial charge in [-0.25, -0.2) is 9.78 Å². The Hall–Kier alpha value is -2.10. The molecule has 0 unspecified atom stereocenters. The Morgan fingerprint density at radius 3 is 2.78 bits per heavy atom. The third kappa shape index (κ3) is 2.59. The zero-order chi connectivity index (χ0) is 13.0. The van der Waals surface area contributed by atoms with Gasteiger partial charge in [0.2, 0.25) is 0 Å². The fourth-order valence-corrected chi connectivity index (χ4v) is 1.76. The van der Waals surface area contributed by atoms with Crippen molar-refractivity contribution in [2.75, 3.05) is 6.61 Å². The molecule has 0 spiro atoms. The highest BCUT2D eigenvalue weighted by Crippen LogP contribution is 2.17. The maximum absolute atomic E-state index is 11.5. The van der Waals surface area contributed by atoms with Gasteiger partial charge in [0, 0.05) is 6.20 Å². The summed E-state index contributed by atoms with van der Waals surface area (Å²) in [5, 5.41) is 0. The van der Waals surface area contributed by atoms with Crippen molar-refractivity contribution in [3.63, 3.8) is 0 Å². The summed E-state index contributed by atoms with van der Waals surface area (Å²) in [6.45, 7) is 4.20. The van der Waals surface area contributed by atoms with Crippen LogP contribution >= 0.6 is 0 Å². The Labute approximate surface area is 106 Å². The lowest BCUT2D eigenvalue weighted by Crippen LogP contribution is -2.06. The number of benzene rings is 1. The van der Waals surface area contributed by atoms with Gasteiger partial charge in [-0.15, -0.1) is 0 Å². The van der Waals surface area contributed by atoms with Crippen molar-refractivity contribution in [2.45, 2.75) is 19.9 Å². The van der Waals surface area contributed by atoms with Gasteiger partial charge in [-0.3, -0.25) is 0 Å². The van der Waals surface area contributed by atoms with Gasteiger partial charge >= 0.3 is 5.97 Å². The van der Waals surface area contributed by atoms with E-state index in [1.807, 2.05) is 22.8 Å². The molecule has 94 valence electrons. The number of rotatable bonds is 4. The summed E-state index contributed by atoms with van der Waals surface area (Å²) in [4.78, 5) is 15.6. The van der Waals surface area contributed by atoms with Crippen molar-refractivity contribution < 1.29 is 9.53 Å². The lowest BCUT2D eigenvalue weighted by Gasteiger charge is -2.12. The molecule has 0 fully saturated rings. The van der Waals surface area contributed by atoms with E-state index < -0.39 is 0 Å². The van der Waals surface area contributed by atoms with Gasteiger partial charge in [-0.05, 0) is 19.4 Å². The third-order valence-electron chi connectivity index (χ3n) is 2.82. The van der Waals surface area contributed by atoms with Crippen molar-refractivity contribution in [3.05, 3.63) is 54.1 Å². The molecule has 2 aromatic rings. The number of aromatic nitrogens is 2. The number of ether oxygens (including phenoxy) is 1. The van der Waals surface area contributed by atoms with Crippen LogP contribution in [0.3, 0.4) is 0 Å². The van der Waals surface area contributed by atoms with Gasteiger partial charge < -0.3 is 9.30 Å². The van der Waals surface area contributed by atoms with Gasteiger partial charge in [-0.2, -0.15) is 0 Å². The zero-order valence-electron chi connectivity index (χ0n) is 10.5. The average Bonchev–Trinajstić information content (AvgIpc) is 2.89. The molecule has 0 radical (unpaired) electrons. The number of esters is 1. The van der Waals surface area contributed by atoms with Crippen LogP contribution in [0, 0.1) is 0 Å². The molecule has 0 saturated heterocycles. The summed E-state index contributed by atoms with van der Waals surface area (Å²) < 4.78 is 6.82. The van der Waals surface area contributed by atoms with E-state index in [4.69, 9.17) is 4.74 Å².